The number of amides is 2. The fraction of sp³-hybridized carbons (Fsp3) is 0.250. The second-order valence-electron chi connectivity index (χ2n) is 4.89. The third-order valence-corrected chi connectivity index (χ3v) is 3.62. The van der Waals surface area contributed by atoms with Gasteiger partial charge in [-0.25, -0.2) is 4.79 Å². The van der Waals surface area contributed by atoms with Gasteiger partial charge in [0, 0.05) is 24.8 Å². The first kappa shape index (κ1) is 16.9. The van der Waals surface area contributed by atoms with E-state index in [9.17, 15) is 9.59 Å². The molecule has 2 N–H and O–H groups in total. The van der Waals surface area contributed by atoms with E-state index < -0.39 is 0 Å². The smallest absolute Gasteiger partial charge is 0.319 e. The van der Waals surface area contributed by atoms with E-state index in [1.165, 1.54) is 13.2 Å². The van der Waals surface area contributed by atoms with E-state index in [0.717, 1.165) is 5.69 Å². The molecule has 2 aromatic rings. The number of nitrogens with zero attached hydrogens (tertiary/aromatic N) is 1. The maximum absolute atomic E-state index is 12.0. The fourth-order valence-electron chi connectivity index (χ4n) is 2.11. The summed E-state index contributed by atoms with van der Waals surface area (Å²) in [6.45, 7) is 2.49. The van der Waals surface area contributed by atoms with Crippen LogP contribution in [-0.2, 0) is 6.54 Å². The van der Waals surface area contributed by atoms with Crippen molar-refractivity contribution in [3.05, 3.63) is 57.5 Å². The number of urea groups is 1. The van der Waals surface area contributed by atoms with Gasteiger partial charge in [0.2, 0.25) is 0 Å². The molecule has 2 rings (SSSR count). The minimum absolute atomic E-state index is 0.171. The van der Waals surface area contributed by atoms with Crippen LogP contribution in [0, 0.1) is 6.92 Å². The summed E-state index contributed by atoms with van der Waals surface area (Å²) in [6, 6.07) is 9.77. The molecule has 0 saturated carbocycles. The minimum Gasteiger partial charge on any atom is -0.496 e. The van der Waals surface area contributed by atoms with Crippen molar-refractivity contribution < 1.29 is 9.53 Å². The molecule has 0 aliphatic heterocycles. The second-order valence-corrected chi connectivity index (χ2v) is 5.29. The van der Waals surface area contributed by atoms with E-state index in [1.54, 1.807) is 34.9 Å². The van der Waals surface area contributed by atoms with E-state index >= 15 is 0 Å². The van der Waals surface area contributed by atoms with Gasteiger partial charge in [0.1, 0.15) is 5.75 Å². The van der Waals surface area contributed by atoms with Crippen LogP contribution in [0.15, 0.2) is 41.2 Å². The van der Waals surface area contributed by atoms with Gasteiger partial charge >= 0.3 is 6.03 Å². The third-order valence-electron chi connectivity index (χ3n) is 3.29. The molecule has 0 radical (unpaired) electrons. The van der Waals surface area contributed by atoms with Gasteiger partial charge in [0.15, 0.2) is 0 Å². The highest BCUT2D eigenvalue weighted by Crippen LogP contribution is 2.19. The number of pyridine rings is 1. The molecule has 1 heterocycles. The molecule has 0 bridgehead atoms. The van der Waals surface area contributed by atoms with Gasteiger partial charge in [-0.1, -0.05) is 23.7 Å². The largest absolute Gasteiger partial charge is 0.496 e. The quantitative estimate of drug-likeness (QED) is 0.882. The van der Waals surface area contributed by atoms with Crippen molar-refractivity contribution in [1.29, 1.82) is 0 Å². The summed E-state index contributed by atoms with van der Waals surface area (Å²) in [5.74, 6) is 0.521. The monoisotopic (exact) mass is 335 g/mol. The van der Waals surface area contributed by atoms with Crippen molar-refractivity contribution in [2.24, 2.45) is 0 Å². The zero-order chi connectivity index (χ0) is 16.8. The molecule has 1 aromatic carbocycles. The summed E-state index contributed by atoms with van der Waals surface area (Å²) in [4.78, 5) is 23.8. The number of halogens is 1. The Hall–Kier alpha value is -2.47. The average Bonchev–Trinajstić information content (AvgIpc) is 2.52. The normalized spacial score (nSPS) is 10.2. The molecule has 0 unspecified atom stereocenters. The first-order chi connectivity index (χ1) is 11.0. The number of nitrogens with one attached hydrogen (secondary N) is 2. The van der Waals surface area contributed by atoms with Crippen molar-refractivity contribution in [2.75, 3.05) is 19.0 Å². The topological polar surface area (TPSA) is 72.4 Å². The van der Waals surface area contributed by atoms with E-state index in [2.05, 4.69) is 10.6 Å². The van der Waals surface area contributed by atoms with Crippen LogP contribution in [0.5, 0.6) is 5.75 Å². The second kappa shape index (κ2) is 7.69. The minimum atomic E-state index is -0.377. The van der Waals surface area contributed by atoms with Crippen molar-refractivity contribution in [3.8, 4) is 5.75 Å². The van der Waals surface area contributed by atoms with Gasteiger partial charge in [-0.05, 0) is 25.1 Å². The molecule has 0 saturated heterocycles. The first-order valence-corrected chi connectivity index (χ1v) is 7.44. The number of ether oxygens (including phenoxy) is 1. The molecular formula is C16H18ClN3O3. The summed E-state index contributed by atoms with van der Waals surface area (Å²) < 4.78 is 6.61. The van der Waals surface area contributed by atoms with Crippen molar-refractivity contribution >= 4 is 23.3 Å². The lowest BCUT2D eigenvalue weighted by molar-refractivity contribution is 0.251. The van der Waals surface area contributed by atoms with Crippen LogP contribution >= 0.6 is 11.6 Å². The van der Waals surface area contributed by atoms with Gasteiger partial charge in [0.05, 0.1) is 17.8 Å². The molecule has 7 heteroatoms. The number of methoxy groups -OCH3 is 1. The molecule has 0 spiro atoms. The van der Waals surface area contributed by atoms with Crippen LogP contribution in [0.2, 0.25) is 5.02 Å². The lowest BCUT2D eigenvalue weighted by Gasteiger charge is -2.12. The molecule has 23 heavy (non-hydrogen) atoms. The van der Waals surface area contributed by atoms with Gasteiger partial charge in [-0.15, -0.1) is 0 Å². The number of aromatic nitrogens is 1. The number of carbonyl (C=O) groups excluding carboxylic acids is 1. The van der Waals surface area contributed by atoms with E-state index in [1.807, 2.05) is 6.92 Å². The molecule has 1 aromatic heterocycles. The van der Waals surface area contributed by atoms with Crippen molar-refractivity contribution in [1.82, 2.24) is 9.88 Å². The highest BCUT2D eigenvalue weighted by molar-refractivity contribution is 6.33. The van der Waals surface area contributed by atoms with Gasteiger partial charge in [-0.3, -0.25) is 4.79 Å². The maximum atomic E-state index is 12.0. The van der Waals surface area contributed by atoms with Crippen LogP contribution in [0.1, 0.15) is 5.69 Å². The summed E-state index contributed by atoms with van der Waals surface area (Å²) in [7, 11) is 1.51. The molecule has 2 amide bonds. The number of anilines is 1. The molecular weight excluding hydrogens is 318 g/mol. The first-order valence-electron chi connectivity index (χ1n) is 7.06. The highest BCUT2D eigenvalue weighted by Gasteiger charge is 2.06. The predicted octanol–water partition coefficient (Wildman–Crippen LogP) is 2.64. The van der Waals surface area contributed by atoms with Crippen LogP contribution < -0.4 is 20.9 Å². The van der Waals surface area contributed by atoms with E-state index in [4.69, 9.17) is 16.3 Å². The van der Waals surface area contributed by atoms with Crippen LogP contribution in [0.25, 0.3) is 0 Å². The van der Waals surface area contributed by atoms with Crippen LogP contribution in [-0.4, -0.2) is 24.3 Å². The summed E-state index contributed by atoms with van der Waals surface area (Å²) >= 11 is 5.97. The molecule has 0 aliphatic rings. The third kappa shape index (κ3) is 4.50. The zero-order valence-electron chi connectivity index (χ0n) is 12.9. The molecule has 0 aliphatic carbocycles. The van der Waals surface area contributed by atoms with E-state index in [-0.39, 0.29) is 11.6 Å². The SMILES string of the molecule is COc1cc(C)n(CCNC(=O)Nc2ccccc2Cl)c(=O)c1. The standard InChI is InChI=1S/C16H18ClN3O3/c1-11-9-12(23-2)10-15(21)20(11)8-7-18-16(22)19-14-6-4-3-5-13(14)17/h3-6,9-10H,7-8H2,1-2H3,(H2,18,19,22). The Morgan fingerprint density at radius 1 is 1.30 bits per heavy atom. The summed E-state index contributed by atoms with van der Waals surface area (Å²) in [6.07, 6.45) is 0. The lowest BCUT2D eigenvalue weighted by atomic mass is 10.3. The molecule has 0 atom stereocenters. The van der Waals surface area contributed by atoms with Crippen LogP contribution in [0.4, 0.5) is 10.5 Å². The Morgan fingerprint density at radius 2 is 2.04 bits per heavy atom. The maximum Gasteiger partial charge on any atom is 0.319 e. The number of hydrogen-bond acceptors (Lipinski definition) is 3. The van der Waals surface area contributed by atoms with Crippen molar-refractivity contribution in [2.45, 2.75) is 13.5 Å². The van der Waals surface area contributed by atoms with Crippen LogP contribution in [0.3, 0.4) is 0 Å². The Balaban J connectivity index is 1.91. The highest BCUT2D eigenvalue weighted by atomic mass is 35.5. The summed E-state index contributed by atoms with van der Waals surface area (Å²) in [5, 5.41) is 5.81. The number of para-hydroxylation sites is 1. The number of benzene rings is 1. The Morgan fingerprint density at radius 3 is 2.70 bits per heavy atom. The number of hydrogen-bond donors (Lipinski definition) is 2. The Kier molecular flexibility index (Phi) is 5.65. The predicted molar refractivity (Wildman–Crippen MR) is 90.5 cm³/mol. The van der Waals surface area contributed by atoms with Crippen molar-refractivity contribution in [3.63, 3.8) is 0 Å². The Bertz CT molecular complexity index is 758. The van der Waals surface area contributed by atoms with Gasteiger partial charge < -0.3 is 19.9 Å². The fourth-order valence-corrected chi connectivity index (χ4v) is 2.30. The number of aryl methyl sites for hydroxylation is 1. The molecule has 0 fully saturated rings. The average molecular weight is 336 g/mol. The molecule has 6 nitrogen and oxygen atoms in total. The summed E-state index contributed by atoms with van der Waals surface area (Å²) in [5.41, 5.74) is 1.13. The van der Waals surface area contributed by atoms with Gasteiger partial charge in [0.25, 0.3) is 5.56 Å². The Labute approximate surface area is 139 Å². The molecule has 122 valence electrons. The van der Waals surface area contributed by atoms with Gasteiger partial charge in [-0.2, -0.15) is 0 Å². The zero-order valence-corrected chi connectivity index (χ0v) is 13.7. The number of rotatable bonds is 5. The number of carbonyl (C=O) groups is 1. The van der Waals surface area contributed by atoms with E-state index in [0.29, 0.717) is 29.5 Å². The lowest BCUT2D eigenvalue weighted by Crippen LogP contribution is -2.34.